The third-order valence-corrected chi connectivity index (χ3v) is 5.29. The molecule has 0 radical (unpaired) electrons. The highest BCUT2D eigenvalue weighted by Crippen LogP contribution is 2.20. The highest BCUT2D eigenvalue weighted by atomic mass is 28.4. The summed E-state index contributed by atoms with van der Waals surface area (Å²) in [6.07, 6.45) is 4.66. The van der Waals surface area contributed by atoms with Crippen LogP contribution in [-0.2, 0) is 14.0 Å². The largest absolute Gasteiger partial charge is 0.462 e. The zero-order valence-electron chi connectivity index (χ0n) is 12.4. The first kappa shape index (κ1) is 17.4. The molecule has 18 heavy (non-hydrogen) atoms. The summed E-state index contributed by atoms with van der Waals surface area (Å²) >= 11 is 0. The minimum Gasteiger partial charge on any atom is -0.462 e. The molecule has 0 aromatic carbocycles. The third-order valence-electron chi connectivity index (χ3n) is 2.75. The van der Waals surface area contributed by atoms with E-state index in [-0.39, 0.29) is 5.97 Å². The zero-order valence-corrected chi connectivity index (χ0v) is 13.4. The number of carbonyl (C=O) groups excluding carboxylic acids is 1. The second-order valence-electron chi connectivity index (χ2n) is 5.34. The van der Waals surface area contributed by atoms with Crippen molar-refractivity contribution in [3.8, 4) is 0 Å². The highest BCUT2D eigenvalue weighted by molar-refractivity contribution is 6.71. The fourth-order valence-corrected chi connectivity index (χ4v) is 3.45. The molecule has 4 heteroatoms. The van der Waals surface area contributed by atoms with E-state index in [1.807, 2.05) is 0 Å². The Balaban J connectivity index is 0.000000327. The predicted molar refractivity (Wildman–Crippen MR) is 78.2 cm³/mol. The van der Waals surface area contributed by atoms with Crippen LogP contribution in [0.4, 0.5) is 0 Å². The lowest BCUT2D eigenvalue weighted by atomic mass is 10.3. The Morgan fingerprint density at radius 2 is 2.06 bits per heavy atom. The number of hydrogen-bond donors (Lipinski definition) is 0. The number of carbonyl (C=O) groups is 1. The zero-order chi connectivity index (χ0) is 14.0. The summed E-state index contributed by atoms with van der Waals surface area (Å²) in [7, 11) is -1.09. The second-order valence-corrected chi connectivity index (χ2v) is 9.64. The Morgan fingerprint density at radius 1 is 1.39 bits per heavy atom. The Labute approximate surface area is 113 Å². The summed E-state index contributed by atoms with van der Waals surface area (Å²) < 4.78 is 10.4. The molecular formula is C14H28O3Si. The first-order valence-electron chi connectivity index (χ1n) is 6.85. The van der Waals surface area contributed by atoms with E-state index < -0.39 is 8.32 Å². The van der Waals surface area contributed by atoms with Crippen LogP contribution < -0.4 is 0 Å². The van der Waals surface area contributed by atoms with Gasteiger partial charge >= 0.3 is 5.97 Å². The second kappa shape index (κ2) is 9.33. The molecule has 0 spiro atoms. The van der Waals surface area contributed by atoms with Gasteiger partial charge in [0.2, 0.25) is 0 Å². The molecule has 0 atom stereocenters. The van der Waals surface area contributed by atoms with Gasteiger partial charge in [0, 0.05) is 12.2 Å². The van der Waals surface area contributed by atoms with Gasteiger partial charge in [-0.1, -0.05) is 26.3 Å². The van der Waals surface area contributed by atoms with Crippen molar-refractivity contribution >= 4 is 14.3 Å². The van der Waals surface area contributed by atoms with Crippen LogP contribution in [0.5, 0.6) is 0 Å². The molecule has 1 rings (SSSR count). The molecule has 1 aliphatic heterocycles. The fraction of sp³-hybridized carbons (Fsp3) is 0.786. The molecule has 3 nitrogen and oxygen atoms in total. The fourth-order valence-electron chi connectivity index (χ4n) is 1.51. The lowest BCUT2D eigenvalue weighted by Crippen LogP contribution is -2.33. The molecule has 0 aromatic rings. The van der Waals surface area contributed by atoms with E-state index in [1.54, 1.807) is 6.92 Å². The van der Waals surface area contributed by atoms with Crippen LogP contribution in [0.25, 0.3) is 0 Å². The molecule has 1 fully saturated rings. The quantitative estimate of drug-likeness (QED) is 0.337. The molecule has 0 bridgehead atoms. The molecule has 1 saturated heterocycles. The molecule has 106 valence electrons. The molecule has 0 amide bonds. The lowest BCUT2D eigenvalue weighted by molar-refractivity contribution is -0.139. The van der Waals surface area contributed by atoms with Crippen LogP contribution in [0.3, 0.4) is 0 Å². The Kier molecular flexibility index (Phi) is 9.02. The van der Waals surface area contributed by atoms with Gasteiger partial charge in [0.05, 0.1) is 6.61 Å². The van der Waals surface area contributed by atoms with Crippen molar-refractivity contribution < 1.29 is 14.0 Å². The highest BCUT2D eigenvalue weighted by Gasteiger charge is 2.24. The van der Waals surface area contributed by atoms with E-state index in [9.17, 15) is 4.79 Å². The standard InChI is InChI=1S/C8H14O2.C6H14OSi/c1-4-5-6-10-8(9)7(2)3;1-8(2)6-4-3-5-7-8/h2,4-6H2,1,3H3;3-6H2,1-2H3. The summed E-state index contributed by atoms with van der Waals surface area (Å²) in [5.41, 5.74) is 0.469. The summed E-state index contributed by atoms with van der Waals surface area (Å²) in [6.45, 7) is 13.3. The van der Waals surface area contributed by atoms with Gasteiger partial charge in [0.1, 0.15) is 0 Å². The molecule has 0 aromatic heterocycles. The van der Waals surface area contributed by atoms with Crippen molar-refractivity contribution in [1.82, 2.24) is 0 Å². The summed E-state index contributed by atoms with van der Waals surface area (Å²) in [6, 6.07) is 1.37. The average Bonchev–Trinajstić information content (AvgIpc) is 2.29. The Bertz CT molecular complexity index is 254. The average molecular weight is 272 g/mol. The van der Waals surface area contributed by atoms with Crippen LogP contribution in [0.2, 0.25) is 19.1 Å². The minimum atomic E-state index is -1.09. The van der Waals surface area contributed by atoms with Gasteiger partial charge in [-0.15, -0.1) is 0 Å². The van der Waals surface area contributed by atoms with E-state index in [0.29, 0.717) is 12.2 Å². The van der Waals surface area contributed by atoms with Gasteiger partial charge in [0.15, 0.2) is 8.32 Å². The maximum absolute atomic E-state index is 10.7. The number of rotatable bonds is 4. The minimum absolute atomic E-state index is 0.284. The topological polar surface area (TPSA) is 35.5 Å². The van der Waals surface area contributed by atoms with Crippen molar-refractivity contribution in [1.29, 1.82) is 0 Å². The van der Waals surface area contributed by atoms with E-state index in [2.05, 4.69) is 26.6 Å². The van der Waals surface area contributed by atoms with Crippen molar-refractivity contribution in [2.45, 2.75) is 58.7 Å². The predicted octanol–water partition coefficient (Wildman–Crippen LogP) is 3.91. The van der Waals surface area contributed by atoms with Gasteiger partial charge in [0.25, 0.3) is 0 Å². The lowest BCUT2D eigenvalue weighted by Gasteiger charge is -2.27. The van der Waals surface area contributed by atoms with E-state index in [0.717, 1.165) is 19.4 Å². The molecule has 0 aliphatic carbocycles. The number of hydrogen-bond acceptors (Lipinski definition) is 3. The maximum Gasteiger partial charge on any atom is 0.333 e. The Hall–Kier alpha value is -0.613. The van der Waals surface area contributed by atoms with Gasteiger partial charge in [-0.2, -0.15) is 0 Å². The monoisotopic (exact) mass is 272 g/mol. The van der Waals surface area contributed by atoms with Crippen molar-refractivity contribution in [2.24, 2.45) is 0 Å². The van der Waals surface area contributed by atoms with E-state index in [1.165, 1.54) is 18.9 Å². The first-order valence-corrected chi connectivity index (χ1v) is 9.97. The summed E-state index contributed by atoms with van der Waals surface area (Å²) in [4.78, 5) is 10.7. The van der Waals surface area contributed by atoms with Crippen LogP contribution in [0, 0.1) is 0 Å². The van der Waals surface area contributed by atoms with Crippen molar-refractivity contribution in [3.05, 3.63) is 12.2 Å². The molecule has 0 unspecified atom stereocenters. The van der Waals surface area contributed by atoms with Gasteiger partial charge in [-0.3, -0.25) is 0 Å². The molecule has 1 aliphatic rings. The van der Waals surface area contributed by atoms with Crippen LogP contribution in [0.15, 0.2) is 12.2 Å². The smallest absolute Gasteiger partial charge is 0.333 e. The molecular weight excluding hydrogens is 244 g/mol. The maximum atomic E-state index is 10.7. The number of ether oxygens (including phenoxy) is 1. The van der Waals surface area contributed by atoms with Gasteiger partial charge in [-0.05, 0) is 38.9 Å². The number of esters is 1. The third kappa shape index (κ3) is 9.42. The summed E-state index contributed by atoms with van der Waals surface area (Å²) in [5.74, 6) is -0.284. The number of unbranched alkanes of at least 4 members (excludes halogenated alkanes) is 1. The normalized spacial score (nSPS) is 17.3. The van der Waals surface area contributed by atoms with Crippen molar-refractivity contribution in [3.63, 3.8) is 0 Å². The van der Waals surface area contributed by atoms with Crippen molar-refractivity contribution in [2.75, 3.05) is 13.2 Å². The molecule has 0 N–H and O–H groups in total. The molecule has 1 heterocycles. The van der Waals surface area contributed by atoms with Gasteiger partial charge < -0.3 is 9.16 Å². The van der Waals surface area contributed by atoms with Gasteiger partial charge in [-0.25, -0.2) is 4.79 Å². The van der Waals surface area contributed by atoms with E-state index in [4.69, 9.17) is 9.16 Å². The Morgan fingerprint density at radius 3 is 2.39 bits per heavy atom. The van der Waals surface area contributed by atoms with Crippen LogP contribution in [0.1, 0.15) is 39.5 Å². The molecule has 0 saturated carbocycles. The van der Waals surface area contributed by atoms with Crippen LogP contribution >= 0.6 is 0 Å². The van der Waals surface area contributed by atoms with Crippen LogP contribution in [-0.4, -0.2) is 27.5 Å². The summed E-state index contributed by atoms with van der Waals surface area (Å²) in [5, 5.41) is 0. The first-order chi connectivity index (χ1) is 8.39. The SMILES string of the molecule is C=C(C)C(=O)OCCCC.C[Si]1(C)CCCCO1. The van der Waals surface area contributed by atoms with E-state index >= 15 is 0 Å².